The van der Waals surface area contributed by atoms with Gasteiger partial charge in [-0.15, -0.1) is 0 Å². The fourth-order valence-electron chi connectivity index (χ4n) is 2.44. The minimum atomic E-state index is -1.09. The number of carboxylic acids is 1. The SMILES string of the molecule is CC1CN(C(C)C)C(=O)c2cccc(C(=O)O)c2OC1C. The van der Waals surface area contributed by atoms with E-state index >= 15 is 0 Å². The molecule has 2 unspecified atom stereocenters. The highest BCUT2D eigenvalue weighted by atomic mass is 16.5. The summed E-state index contributed by atoms with van der Waals surface area (Å²) in [5.41, 5.74) is 0.354. The van der Waals surface area contributed by atoms with Gasteiger partial charge in [0, 0.05) is 18.5 Å². The molecule has 21 heavy (non-hydrogen) atoms. The standard InChI is InChI=1S/C16H21NO4/c1-9(2)17-8-10(3)11(4)21-14-12(15(17)18)6-5-7-13(14)16(19)20/h5-7,9-11H,8H2,1-4H3,(H,19,20). The Morgan fingerprint density at radius 2 is 2.05 bits per heavy atom. The largest absolute Gasteiger partial charge is 0.489 e. The quantitative estimate of drug-likeness (QED) is 0.909. The average Bonchev–Trinajstić information content (AvgIpc) is 2.42. The Kier molecular flexibility index (Phi) is 4.21. The third kappa shape index (κ3) is 2.86. The Morgan fingerprint density at radius 1 is 1.38 bits per heavy atom. The Hall–Kier alpha value is -2.04. The summed E-state index contributed by atoms with van der Waals surface area (Å²) in [5.74, 6) is -0.968. The summed E-state index contributed by atoms with van der Waals surface area (Å²) in [7, 11) is 0. The Labute approximate surface area is 124 Å². The number of amides is 1. The fourth-order valence-corrected chi connectivity index (χ4v) is 2.44. The molecule has 2 rings (SSSR count). The highest BCUT2D eigenvalue weighted by Gasteiger charge is 2.32. The van der Waals surface area contributed by atoms with Gasteiger partial charge in [0.15, 0.2) is 0 Å². The number of ether oxygens (including phenoxy) is 1. The molecule has 1 N–H and O–H groups in total. The molecule has 1 amide bonds. The lowest BCUT2D eigenvalue weighted by molar-refractivity contribution is 0.0533. The van der Waals surface area contributed by atoms with Gasteiger partial charge >= 0.3 is 5.97 Å². The van der Waals surface area contributed by atoms with Gasteiger partial charge in [0.1, 0.15) is 17.4 Å². The molecular weight excluding hydrogens is 270 g/mol. The molecule has 114 valence electrons. The maximum Gasteiger partial charge on any atom is 0.339 e. The molecule has 0 saturated carbocycles. The first-order valence-corrected chi connectivity index (χ1v) is 7.16. The number of hydrogen-bond donors (Lipinski definition) is 1. The number of fused-ring (bicyclic) bond motifs is 1. The molecule has 0 radical (unpaired) electrons. The van der Waals surface area contributed by atoms with E-state index in [1.165, 1.54) is 6.07 Å². The molecule has 0 fully saturated rings. The summed E-state index contributed by atoms with van der Waals surface area (Å²) in [6, 6.07) is 4.72. The van der Waals surface area contributed by atoms with Crippen molar-refractivity contribution in [1.82, 2.24) is 4.90 Å². The minimum absolute atomic E-state index is 0.0329. The lowest BCUT2D eigenvalue weighted by Gasteiger charge is -2.35. The van der Waals surface area contributed by atoms with Crippen LogP contribution in [0.1, 0.15) is 48.4 Å². The van der Waals surface area contributed by atoms with E-state index in [1.807, 2.05) is 27.7 Å². The lowest BCUT2D eigenvalue weighted by Crippen LogP contribution is -2.45. The van der Waals surface area contributed by atoms with Gasteiger partial charge in [-0.2, -0.15) is 0 Å². The van der Waals surface area contributed by atoms with Crippen molar-refractivity contribution in [3.63, 3.8) is 0 Å². The van der Waals surface area contributed by atoms with Gasteiger partial charge in [0.25, 0.3) is 5.91 Å². The molecule has 0 spiro atoms. The number of para-hydroxylation sites is 1. The summed E-state index contributed by atoms with van der Waals surface area (Å²) in [6.45, 7) is 8.41. The van der Waals surface area contributed by atoms with Crippen LogP contribution in [-0.2, 0) is 0 Å². The first kappa shape index (κ1) is 15.4. The molecule has 0 aliphatic carbocycles. The normalized spacial score (nSPS) is 22.3. The topological polar surface area (TPSA) is 66.8 Å². The van der Waals surface area contributed by atoms with E-state index in [4.69, 9.17) is 4.74 Å². The van der Waals surface area contributed by atoms with Crippen LogP contribution in [0, 0.1) is 5.92 Å². The Bertz CT molecular complexity index is 567. The number of carbonyl (C=O) groups excluding carboxylic acids is 1. The first-order valence-electron chi connectivity index (χ1n) is 7.16. The molecular formula is C16H21NO4. The molecule has 5 nitrogen and oxygen atoms in total. The molecule has 0 aromatic heterocycles. The van der Waals surface area contributed by atoms with Crippen molar-refractivity contribution in [3.8, 4) is 5.75 Å². The monoisotopic (exact) mass is 291 g/mol. The van der Waals surface area contributed by atoms with E-state index in [0.29, 0.717) is 12.1 Å². The van der Waals surface area contributed by atoms with Gasteiger partial charge < -0.3 is 14.7 Å². The summed E-state index contributed by atoms with van der Waals surface area (Å²) in [5, 5.41) is 9.31. The van der Waals surface area contributed by atoms with Crippen molar-refractivity contribution in [1.29, 1.82) is 0 Å². The van der Waals surface area contributed by atoms with Crippen molar-refractivity contribution >= 4 is 11.9 Å². The number of aromatic carboxylic acids is 1. The molecule has 1 heterocycles. The van der Waals surface area contributed by atoms with E-state index in [-0.39, 0.29) is 35.3 Å². The van der Waals surface area contributed by atoms with Crippen LogP contribution in [0.2, 0.25) is 0 Å². The Morgan fingerprint density at radius 3 is 2.62 bits per heavy atom. The number of carbonyl (C=O) groups is 2. The van der Waals surface area contributed by atoms with Crippen LogP contribution < -0.4 is 4.74 Å². The van der Waals surface area contributed by atoms with Gasteiger partial charge in [0.05, 0.1) is 5.56 Å². The molecule has 5 heteroatoms. The molecule has 1 aromatic rings. The smallest absolute Gasteiger partial charge is 0.339 e. The lowest BCUT2D eigenvalue weighted by atomic mass is 9.99. The molecule has 2 atom stereocenters. The average molecular weight is 291 g/mol. The predicted octanol–water partition coefficient (Wildman–Crippen LogP) is 2.65. The molecule has 1 aliphatic rings. The number of rotatable bonds is 2. The van der Waals surface area contributed by atoms with Crippen LogP contribution >= 0.6 is 0 Å². The predicted molar refractivity (Wildman–Crippen MR) is 78.8 cm³/mol. The summed E-state index contributed by atoms with van der Waals surface area (Å²) in [4.78, 5) is 25.9. The van der Waals surface area contributed by atoms with Crippen LogP contribution in [0.3, 0.4) is 0 Å². The van der Waals surface area contributed by atoms with E-state index in [1.54, 1.807) is 17.0 Å². The first-order chi connectivity index (χ1) is 9.82. The molecule has 0 saturated heterocycles. The minimum Gasteiger partial charge on any atom is -0.489 e. The van der Waals surface area contributed by atoms with E-state index in [2.05, 4.69) is 0 Å². The van der Waals surface area contributed by atoms with Crippen LogP contribution in [0.4, 0.5) is 0 Å². The second-order valence-corrected chi connectivity index (χ2v) is 5.84. The number of hydrogen-bond acceptors (Lipinski definition) is 3. The van der Waals surface area contributed by atoms with Crippen molar-refractivity contribution in [2.24, 2.45) is 5.92 Å². The maximum atomic E-state index is 12.7. The van der Waals surface area contributed by atoms with Gasteiger partial charge in [-0.25, -0.2) is 4.79 Å². The van der Waals surface area contributed by atoms with Crippen LogP contribution in [0.25, 0.3) is 0 Å². The van der Waals surface area contributed by atoms with E-state index in [9.17, 15) is 14.7 Å². The van der Waals surface area contributed by atoms with E-state index in [0.717, 1.165) is 0 Å². The molecule has 1 aromatic carbocycles. The van der Waals surface area contributed by atoms with Crippen molar-refractivity contribution in [3.05, 3.63) is 29.3 Å². The van der Waals surface area contributed by atoms with Crippen LogP contribution in [0.15, 0.2) is 18.2 Å². The third-order valence-electron chi connectivity index (χ3n) is 3.95. The van der Waals surface area contributed by atoms with E-state index < -0.39 is 5.97 Å². The third-order valence-corrected chi connectivity index (χ3v) is 3.95. The highest BCUT2D eigenvalue weighted by molar-refractivity contribution is 6.02. The second kappa shape index (κ2) is 5.76. The zero-order valence-corrected chi connectivity index (χ0v) is 12.8. The highest BCUT2D eigenvalue weighted by Crippen LogP contribution is 2.31. The summed E-state index contributed by atoms with van der Waals surface area (Å²) in [6.07, 6.45) is -0.168. The zero-order valence-electron chi connectivity index (χ0n) is 12.8. The number of carboxylic acid groups (broad SMARTS) is 1. The number of nitrogens with zero attached hydrogens (tertiary/aromatic N) is 1. The van der Waals surface area contributed by atoms with Gasteiger partial charge in [-0.1, -0.05) is 13.0 Å². The summed E-state index contributed by atoms with van der Waals surface area (Å²) < 4.78 is 5.81. The van der Waals surface area contributed by atoms with Gasteiger partial charge in [0.2, 0.25) is 0 Å². The molecule has 0 bridgehead atoms. The van der Waals surface area contributed by atoms with Gasteiger partial charge in [-0.3, -0.25) is 4.79 Å². The molecule has 1 aliphatic heterocycles. The van der Waals surface area contributed by atoms with Crippen molar-refractivity contribution in [2.75, 3.05) is 6.54 Å². The Balaban J connectivity index is 2.60. The maximum absolute atomic E-state index is 12.7. The zero-order chi connectivity index (χ0) is 15.7. The number of benzene rings is 1. The van der Waals surface area contributed by atoms with Crippen molar-refractivity contribution in [2.45, 2.75) is 39.8 Å². The summed E-state index contributed by atoms with van der Waals surface area (Å²) >= 11 is 0. The second-order valence-electron chi connectivity index (χ2n) is 5.84. The van der Waals surface area contributed by atoms with Gasteiger partial charge in [-0.05, 0) is 32.9 Å². The van der Waals surface area contributed by atoms with Crippen molar-refractivity contribution < 1.29 is 19.4 Å². The van der Waals surface area contributed by atoms with Crippen LogP contribution in [0.5, 0.6) is 5.75 Å². The van der Waals surface area contributed by atoms with Crippen LogP contribution in [-0.4, -0.2) is 40.6 Å². The fraction of sp³-hybridized carbons (Fsp3) is 0.500.